The summed E-state index contributed by atoms with van der Waals surface area (Å²) in [5.41, 5.74) is 8.26. The summed E-state index contributed by atoms with van der Waals surface area (Å²) in [7, 11) is 0. The van der Waals surface area contributed by atoms with E-state index in [9.17, 15) is 0 Å². The predicted molar refractivity (Wildman–Crippen MR) is 81.0 cm³/mol. The zero-order chi connectivity index (χ0) is 13.3. The number of hydrogen-bond acceptors (Lipinski definition) is 2. The molecule has 3 N–H and O–H groups in total. The summed E-state index contributed by atoms with van der Waals surface area (Å²) in [6.07, 6.45) is 2.02. The van der Waals surface area contributed by atoms with E-state index >= 15 is 0 Å². The first kappa shape index (κ1) is 13.8. The Kier molecular flexibility index (Phi) is 5.60. The van der Waals surface area contributed by atoms with Crippen LogP contribution in [-0.2, 0) is 6.42 Å². The number of nitrogens with one attached hydrogen (secondary N) is 1. The van der Waals surface area contributed by atoms with Crippen LogP contribution in [-0.4, -0.2) is 13.1 Å². The van der Waals surface area contributed by atoms with Gasteiger partial charge in [-0.2, -0.15) is 0 Å². The van der Waals surface area contributed by atoms with Gasteiger partial charge in [-0.15, -0.1) is 0 Å². The summed E-state index contributed by atoms with van der Waals surface area (Å²) in [6.45, 7) is 1.70. The minimum absolute atomic E-state index is 0.357. The van der Waals surface area contributed by atoms with E-state index < -0.39 is 0 Å². The molecule has 0 aliphatic rings. The smallest absolute Gasteiger partial charge is 0.0360 e. The molecule has 0 radical (unpaired) electrons. The van der Waals surface area contributed by atoms with Crippen LogP contribution in [0.1, 0.15) is 23.6 Å². The first-order valence-electron chi connectivity index (χ1n) is 6.92. The average Bonchev–Trinajstić information content (AvgIpc) is 2.48. The van der Waals surface area contributed by atoms with E-state index in [1.54, 1.807) is 0 Å². The van der Waals surface area contributed by atoms with Crippen LogP contribution in [0.4, 0.5) is 0 Å². The number of nitrogens with two attached hydrogens (primary N) is 1. The minimum atomic E-state index is 0.357. The first-order chi connectivity index (χ1) is 9.40. The highest BCUT2D eigenvalue weighted by molar-refractivity contribution is 5.23. The summed E-state index contributed by atoms with van der Waals surface area (Å²) in [5, 5.41) is 3.61. The van der Waals surface area contributed by atoms with Gasteiger partial charge in [0.2, 0.25) is 0 Å². The quantitative estimate of drug-likeness (QED) is 0.746. The lowest BCUT2D eigenvalue weighted by molar-refractivity contribution is 0.523. The Hall–Kier alpha value is -1.64. The Bertz CT molecular complexity index is 453. The van der Waals surface area contributed by atoms with E-state index in [1.165, 1.54) is 11.1 Å². The second-order valence-electron chi connectivity index (χ2n) is 4.75. The van der Waals surface area contributed by atoms with Gasteiger partial charge in [0.15, 0.2) is 0 Å². The van der Waals surface area contributed by atoms with Gasteiger partial charge in [0.1, 0.15) is 0 Å². The highest BCUT2D eigenvalue weighted by Crippen LogP contribution is 2.18. The maximum atomic E-state index is 5.57. The second kappa shape index (κ2) is 7.72. The van der Waals surface area contributed by atoms with E-state index in [2.05, 4.69) is 66.0 Å². The van der Waals surface area contributed by atoms with Crippen LogP contribution < -0.4 is 11.1 Å². The summed E-state index contributed by atoms with van der Waals surface area (Å²) < 4.78 is 0. The highest BCUT2D eigenvalue weighted by atomic mass is 14.9. The van der Waals surface area contributed by atoms with Crippen LogP contribution in [0.5, 0.6) is 0 Å². The van der Waals surface area contributed by atoms with Crippen LogP contribution in [0, 0.1) is 0 Å². The molecular weight excluding hydrogens is 232 g/mol. The zero-order valence-electron chi connectivity index (χ0n) is 11.3. The van der Waals surface area contributed by atoms with Crippen LogP contribution in [0.15, 0.2) is 60.7 Å². The van der Waals surface area contributed by atoms with Crippen molar-refractivity contribution in [2.45, 2.75) is 18.9 Å². The molecule has 1 atom stereocenters. The molecule has 2 heteroatoms. The van der Waals surface area contributed by atoms with E-state index in [1.807, 2.05) is 0 Å². The summed E-state index contributed by atoms with van der Waals surface area (Å²) >= 11 is 0. The topological polar surface area (TPSA) is 38.0 Å². The molecule has 0 amide bonds. The zero-order valence-corrected chi connectivity index (χ0v) is 11.3. The Morgan fingerprint density at radius 1 is 0.895 bits per heavy atom. The monoisotopic (exact) mass is 254 g/mol. The number of rotatable bonds is 7. The van der Waals surface area contributed by atoms with Crippen molar-refractivity contribution < 1.29 is 0 Å². The Morgan fingerprint density at radius 2 is 1.53 bits per heavy atom. The van der Waals surface area contributed by atoms with E-state index in [0.717, 1.165) is 25.9 Å². The summed E-state index contributed by atoms with van der Waals surface area (Å²) in [6, 6.07) is 21.6. The van der Waals surface area contributed by atoms with Gasteiger partial charge in [0, 0.05) is 6.04 Å². The molecule has 0 saturated heterocycles. The van der Waals surface area contributed by atoms with Crippen molar-refractivity contribution in [3.63, 3.8) is 0 Å². The van der Waals surface area contributed by atoms with Crippen molar-refractivity contribution in [2.75, 3.05) is 13.1 Å². The Labute approximate surface area is 115 Å². The SMILES string of the molecule is NCCCNC(Cc1ccccc1)c1ccccc1. The normalized spacial score (nSPS) is 12.3. The molecule has 19 heavy (non-hydrogen) atoms. The second-order valence-corrected chi connectivity index (χ2v) is 4.75. The van der Waals surface area contributed by atoms with Crippen molar-refractivity contribution in [1.82, 2.24) is 5.32 Å². The van der Waals surface area contributed by atoms with Crippen LogP contribution in [0.2, 0.25) is 0 Å². The molecule has 1 unspecified atom stereocenters. The molecule has 100 valence electrons. The molecular formula is C17H22N2. The van der Waals surface area contributed by atoms with Crippen molar-refractivity contribution in [2.24, 2.45) is 5.73 Å². The van der Waals surface area contributed by atoms with E-state index in [4.69, 9.17) is 5.73 Å². The molecule has 0 saturated carbocycles. The molecule has 0 bridgehead atoms. The highest BCUT2D eigenvalue weighted by Gasteiger charge is 2.10. The Morgan fingerprint density at radius 3 is 2.16 bits per heavy atom. The van der Waals surface area contributed by atoms with Crippen molar-refractivity contribution in [3.05, 3.63) is 71.8 Å². The molecule has 0 fully saturated rings. The minimum Gasteiger partial charge on any atom is -0.330 e. The molecule has 0 aliphatic heterocycles. The van der Waals surface area contributed by atoms with Gasteiger partial charge in [-0.3, -0.25) is 0 Å². The fraction of sp³-hybridized carbons (Fsp3) is 0.294. The van der Waals surface area contributed by atoms with Crippen LogP contribution in [0.25, 0.3) is 0 Å². The molecule has 2 nitrogen and oxygen atoms in total. The van der Waals surface area contributed by atoms with E-state index in [-0.39, 0.29) is 0 Å². The first-order valence-corrected chi connectivity index (χ1v) is 6.92. The van der Waals surface area contributed by atoms with Gasteiger partial charge in [-0.05, 0) is 37.1 Å². The van der Waals surface area contributed by atoms with Crippen molar-refractivity contribution >= 4 is 0 Å². The van der Waals surface area contributed by atoms with Gasteiger partial charge in [0.25, 0.3) is 0 Å². The van der Waals surface area contributed by atoms with Gasteiger partial charge in [-0.1, -0.05) is 60.7 Å². The molecule has 2 rings (SSSR count). The van der Waals surface area contributed by atoms with Gasteiger partial charge in [0.05, 0.1) is 0 Å². The summed E-state index contributed by atoms with van der Waals surface area (Å²) in [5.74, 6) is 0. The van der Waals surface area contributed by atoms with Gasteiger partial charge >= 0.3 is 0 Å². The third kappa shape index (κ3) is 4.51. The fourth-order valence-corrected chi connectivity index (χ4v) is 2.22. The molecule has 2 aromatic rings. The van der Waals surface area contributed by atoms with Gasteiger partial charge in [-0.25, -0.2) is 0 Å². The van der Waals surface area contributed by atoms with E-state index in [0.29, 0.717) is 6.04 Å². The predicted octanol–water partition coefficient (Wildman–Crippen LogP) is 2.91. The fourth-order valence-electron chi connectivity index (χ4n) is 2.22. The lowest BCUT2D eigenvalue weighted by Crippen LogP contribution is -2.25. The standard InChI is InChI=1S/C17H22N2/c18-12-7-13-19-17(16-10-5-2-6-11-16)14-15-8-3-1-4-9-15/h1-6,8-11,17,19H,7,12-14,18H2. The van der Waals surface area contributed by atoms with Crippen molar-refractivity contribution in [3.8, 4) is 0 Å². The molecule has 0 aliphatic carbocycles. The third-order valence-electron chi connectivity index (χ3n) is 3.26. The molecule has 0 heterocycles. The maximum absolute atomic E-state index is 5.57. The molecule has 0 spiro atoms. The number of hydrogen-bond donors (Lipinski definition) is 2. The summed E-state index contributed by atoms with van der Waals surface area (Å²) in [4.78, 5) is 0. The third-order valence-corrected chi connectivity index (χ3v) is 3.26. The largest absolute Gasteiger partial charge is 0.330 e. The van der Waals surface area contributed by atoms with Crippen LogP contribution in [0.3, 0.4) is 0 Å². The lowest BCUT2D eigenvalue weighted by atomic mass is 9.99. The van der Waals surface area contributed by atoms with Gasteiger partial charge < -0.3 is 11.1 Å². The molecule has 0 aromatic heterocycles. The van der Waals surface area contributed by atoms with Crippen molar-refractivity contribution in [1.29, 1.82) is 0 Å². The average molecular weight is 254 g/mol. The van der Waals surface area contributed by atoms with Crippen LogP contribution >= 0.6 is 0 Å². The maximum Gasteiger partial charge on any atom is 0.0360 e. The molecule has 2 aromatic carbocycles. The lowest BCUT2D eigenvalue weighted by Gasteiger charge is -2.19. The Balaban J connectivity index is 2.06. The number of benzene rings is 2.